The number of anilines is 1. The van der Waals surface area contributed by atoms with E-state index >= 15 is 0 Å². The van der Waals surface area contributed by atoms with Gasteiger partial charge in [0.2, 0.25) is 0 Å². The van der Waals surface area contributed by atoms with Gasteiger partial charge in [0.1, 0.15) is 0 Å². The molecule has 0 atom stereocenters. The molecule has 0 spiro atoms. The highest BCUT2D eigenvalue weighted by Crippen LogP contribution is 2.24. The fourth-order valence-electron chi connectivity index (χ4n) is 2.50. The third-order valence-corrected chi connectivity index (χ3v) is 6.40. The third-order valence-electron chi connectivity index (χ3n) is 3.95. The lowest BCUT2D eigenvalue weighted by molar-refractivity contribution is 0.596. The fourth-order valence-corrected chi connectivity index (χ4v) is 4.31. The summed E-state index contributed by atoms with van der Waals surface area (Å²) in [7, 11) is -3.81. The van der Waals surface area contributed by atoms with Crippen LogP contribution in [0, 0.1) is 18.9 Å². The van der Waals surface area contributed by atoms with Crippen LogP contribution in [-0.4, -0.2) is 14.7 Å². The van der Waals surface area contributed by atoms with Gasteiger partial charge in [0.15, 0.2) is 0 Å². The molecule has 136 valence electrons. The normalized spacial score (nSPS) is 10.7. The second-order valence-corrected chi connectivity index (χ2v) is 8.49. The summed E-state index contributed by atoms with van der Waals surface area (Å²) in [4.78, 5) is 1.22. The Labute approximate surface area is 165 Å². The molecule has 0 aliphatic heterocycles. The highest BCUT2D eigenvalue weighted by Gasteiger charge is 2.23. The molecular formula is C22H19NO2S2. The molecule has 0 aliphatic rings. The maximum Gasteiger partial charge on any atom is 0.275 e. The van der Waals surface area contributed by atoms with Crippen LogP contribution in [0.2, 0.25) is 0 Å². The second-order valence-electron chi connectivity index (χ2n) is 5.86. The molecule has 3 nitrogen and oxygen atoms in total. The number of sulfonamides is 1. The highest BCUT2D eigenvalue weighted by molar-refractivity contribution is 7.98. The molecule has 0 aromatic heterocycles. The summed E-state index contributed by atoms with van der Waals surface area (Å²) in [6.45, 7) is 1.92. The lowest BCUT2D eigenvalue weighted by Gasteiger charge is -2.18. The Morgan fingerprint density at radius 2 is 1.48 bits per heavy atom. The van der Waals surface area contributed by atoms with Gasteiger partial charge < -0.3 is 0 Å². The van der Waals surface area contributed by atoms with Crippen molar-refractivity contribution in [1.29, 1.82) is 0 Å². The first-order valence-electron chi connectivity index (χ1n) is 8.34. The minimum Gasteiger partial charge on any atom is -0.200 e. The smallest absolute Gasteiger partial charge is 0.200 e. The van der Waals surface area contributed by atoms with Crippen molar-refractivity contribution in [2.24, 2.45) is 0 Å². The number of rotatable bonds is 4. The van der Waals surface area contributed by atoms with Crippen molar-refractivity contribution in [2.75, 3.05) is 10.6 Å². The molecule has 0 heterocycles. The molecule has 0 bridgehead atoms. The first kappa shape index (κ1) is 19.1. The Morgan fingerprint density at radius 1 is 0.852 bits per heavy atom. The minimum atomic E-state index is -3.81. The van der Waals surface area contributed by atoms with Gasteiger partial charge in [0, 0.05) is 16.5 Å². The average molecular weight is 394 g/mol. The summed E-state index contributed by atoms with van der Waals surface area (Å²) in [6.07, 6.45) is 1.97. The lowest BCUT2D eigenvalue weighted by Crippen LogP contribution is -2.26. The van der Waals surface area contributed by atoms with Gasteiger partial charge in [0.25, 0.3) is 10.0 Å². The maximum atomic E-state index is 13.2. The monoisotopic (exact) mass is 393 g/mol. The summed E-state index contributed by atoms with van der Waals surface area (Å²) >= 11 is 1.58. The number of hydrogen-bond acceptors (Lipinski definition) is 3. The quantitative estimate of drug-likeness (QED) is 0.359. The molecule has 0 radical (unpaired) electrons. The van der Waals surface area contributed by atoms with Crippen molar-refractivity contribution in [1.82, 2.24) is 0 Å². The van der Waals surface area contributed by atoms with Gasteiger partial charge in [-0.05, 0) is 55.5 Å². The highest BCUT2D eigenvalue weighted by atomic mass is 32.2. The van der Waals surface area contributed by atoms with E-state index in [0.717, 1.165) is 20.3 Å². The van der Waals surface area contributed by atoms with Crippen molar-refractivity contribution in [3.63, 3.8) is 0 Å². The van der Waals surface area contributed by atoms with Crippen LogP contribution in [-0.2, 0) is 10.0 Å². The minimum absolute atomic E-state index is 0.212. The third kappa shape index (κ3) is 4.36. The Bertz CT molecular complexity index is 1080. The molecule has 0 saturated carbocycles. The molecule has 0 amide bonds. The van der Waals surface area contributed by atoms with Crippen molar-refractivity contribution < 1.29 is 8.42 Å². The Kier molecular flexibility index (Phi) is 5.90. The van der Waals surface area contributed by atoms with Crippen LogP contribution >= 0.6 is 11.8 Å². The van der Waals surface area contributed by atoms with Crippen LogP contribution in [0.1, 0.15) is 11.1 Å². The Balaban J connectivity index is 2.11. The van der Waals surface area contributed by atoms with E-state index in [-0.39, 0.29) is 4.90 Å². The number of aryl methyl sites for hydroxylation is 1. The van der Waals surface area contributed by atoms with Crippen molar-refractivity contribution in [3.8, 4) is 12.0 Å². The van der Waals surface area contributed by atoms with E-state index in [1.807, 2.05) is 43.5 Å². The SMILES string of the molecule is CSc1ccccc1C#CN(c1ccccc1)S(=O)(=O)c1ccc(C)cc1. The molecule has 0 saturated heterocycles. The van der Waals surface area contributed by atoms with Gasteiger partial charge in [-0.25, -0.2) is 8.42 Å². The molecule has 3 aromatic rings. The average Bonchev–Trinajstić information content (AvgIpc) is 2.69. The van der Waals surface area contributed by atoms with E-state index in [9.17, 15) is 8.42 Å². The zero-order chi connectivity index (χ0) is 19.3. The van der Waals surface area contributed by atoms with Crippen LogP contribution in [0.25, 0.3) is 0 Å². The van der Waals surface area contributed by atoms with Crippen LogP contribution in [0.4, 0.5) is 5.69 Å². The zero-order valence-corrected chi connectivity index (χ0v) is 16.7. The van der Waals surface area contributed by atoms with Crippen molar-refractivity contribution in [2.45, 2.75) is 16.7 Å². The molecular weight excluding hydrogens is 374 g/mol. The number of benzene rings is 3. The number of thioether (sulfide) groups is 1. The first-order valence-corrected chi connectivity index (χ1v) is 11.0. The van der Waals surface area contributed by atoms with E-state index in [4.69, 9.17) is 0 Å². The molecule has 5 heteroatoms. The first-order chi connectivity index (χ1) is 13.0. The summed E-state index contributed by atoms with van der Waals surface area (Å²) < 4.78 is 27.6. The van der Waals surface area contributed by atoms with Crippen LogP contribution in [0.5, 0.6) is 0 Å². The predicted molar refractivity (Wildman–Crippen MR) is 112 cm³/mol. The molecule has 3 aromatic carbocycles. The van der Waals surface area contributed by atoms with E-state index in [1.54, 1.807) is 60.3 Å². The largest absolute Gasteiger partial charge is 0.275 e. The van der Waals surface area contributed by atoms with Gasteiger partial charge in [-0.3, -0.25) is 0 Å². The number of nitrogens with zero attached hydrogens (tertiary/aromatic N) is 1. The predicted octanol–water partition coefficient (Wildman–Crippen LogP) is 4.92. The molecule has 0 aliphatic carbocycles. The molecule has 0 unspecified atom stereocenters. The van der Waals surface area contributed by atoms with Gasteiger partial charge in [0.05, 0.1) is 10.6 Å². The van der Waals surface area contributed by atoms with Gasteiger partial charge in [-0.15, -0.1) is 11.8 Å². The summed E-state index contributed by atoms with van der Waals surface area (Å²) in [5.41, 5.74) is 2.30. The topological polar surface area (TPSA) is 37.4 Å². The van der Waals surface area contributed by atoms with Gasteiger partial charge in [-0.2, -0.15) is 4.31 Å². The Hall–Kier alpha value is -2.68. The molecule has 27 heavy (non-hydrogen) atoms. The van der Waals surface area contributed by atoms with E-state index in [2.05, 4.69) is 12.0 Å². The summed E-state index contributed by atoms with van der Waals surface area (Å²) in [6, 6.07) is 26.3. The Morgan fingerprint density at radius 3 is 2.15 bits per heavy atom. The number of para-hydroxylation sites is 1. The fraction of sp³-hybridized carbons (Fsp3) is 0.0909. The summed E-state index contributed by atoms with van der Waals surface area (Å²) in [5, 5.41) is 0. The summed E-state index contributed by atoms with van der Waals surface area (Å²) in [5.74, 6) is 3.03. The van der Waals surface area contributed by atoms with E-state index in [1.165, 1.54) is 0 Å². The van der Waals surface area contributed by atoms with Crippen LogP contribution in [0.3, 0.4) is 0 Å². The lowest BCUT2D eigenvalue weighted by atomic mass is 10.2. The van der Waals surface area contributed by atoms with Gasteiger partial charge in [-0.1, -0.05) is 48.0 Å². The van der Waals surface area contributed by atoms with Crippen molar-refractivity contribution in [3.05, 3.63) is 90.0 Å². The van der Waals surface area contributed by atoms with Crippen LogP contribution in [0.15, 0.2) is 88.7 Å². The molecule has 3 rings (SSSR count). The maximum absolute atomic E-state index is 13.2. The van der Waals surface area contributed by atoms with E-state index in [0.29, 0.717) is 5.69 Å². The second kappa shape index (κ2) is 8.34. The van der Waals surface area contributed by atoms with Gasteiger partial charge >= 0.3 is 0 Å². The zero-order valence-electron chi connectivity index (χ0n) is 15.1. The number of hydrogen-bond donors (Lipinski definition) is 0. The molecule has 0 N–H and O–H groups in total. The van der Waals surface area contributed by atoms with Crippen LogP contribution < -0.4 is 4.31 Å². The molecule has 0 fully saturated rings. The van der Waals surface area contributed by atoms with Crippen molar-refractivity contribution >= 4 is 27.5 Å². The van der Waals surface area contributed by atoms with E-state index < -0.39 is 10.0 Å². The standard InChI is InChI=1S/C22H19NO2S2/c1-18-12-14-21(15-13-18)27(24,25)23(20-9-4-3-5-10-20)17-16-19-8-6-7-11-22(19)26-2/h3-15H,1-2H3.